The topological polar surface area (TPSA) is 70.5 Å². The Morgan fingerprint density at radius 2 is 1.97 bits per heavy atom. The maximum atomic E-state index is 14.9. The number of aryl methyl sites for hydroxylation is 1. The van der Waals surface area contributed by atoms with Crippen molar-refractivity contribution in [1.82, 2.24) is 19.9 Å². The molecular weight excluding hydrogens is 421 g/mol. The monoisotopic (exact) mass is 451 g/mol. The third-order valence-corrected chi connectivity index (χ3v) is 6.18. The highest BCUT2D eigenvalue weighted by molar-refractivity contribution is 5.73. The fourth-order valence-corrected chi connectivity index (χ4v) is 4.39. The summed E-state index contributed by atoms with van der Waals surface area (Å²) in [5.74, 6) is 1.31. The molecule has 0 radical (unpaired) electrons. The van der Waals surface area contributed by atoms with E-state index in [2.05, 4.69) is 45.3 Å². The van der Waals surface area contributed by atoms with Gasteiger partial charge in [-0.15, -0.1) is 0 Å². The van der Waals surface area contributed by atoms with E-state index >= 15 is 0 Å². The number of anilines is 4. The molecule has 2 aliphatic heterocycles. The first-order chi connectivity index (χ1) is 16.0. The molecule has 174 valence electrons. The summed E-state index contributed by atoms with van der Waals surface area (Å²) in [5, 5.41) is 6.64. The highest BCUT2D eigenvalue weighted by atomic mass is 19.1. The van der Waals surface area contributed by atoms with Gasteiger partial charge in [0, 0.05) is 51.0 Å². The molecule has 0 spiro atoms. The molecule has 33 heavy (non-hydrogen) atoms. The second-order valence-electron chi connectivity index (χ2n) is 8.77. The smallest absolute Gasteiger partial charge is 0.208 e. The summed E-state index contributed by atoms with van der Waals surface area (Å²) in [6, 6.07) is 7.74. The Bertz CT molecular complexity index is 1120. The summed E-state index contributed by atoms with van der Waals surface area (Å²) in [4.78, 5) is 13.8. The Kier molecular flexibility index (Phi) is 5.80. The first-order valence-corrected chi connectivity index (χ1v) is 11.4. The van der Waals surface area contributed by atoms with Gasteiger partial charge in [0.15, 0.2) is 11.6 Å². The number of aromatic nitrogens is 3. The molecule has 0 atom stereocenters. The van der Waals surface area contributed by atoms with E-state index in [1.165, 1.54) is 6.07 Å². The number of hydrogen-bond acceptors (Lipinski definition) is 7. The number of benzene rings is 1. The van der Waals surface area contributed by atoms with E-state index in [0.717, 1.165) is 44.1 Å². The average Bonchev–Trinajstić information content (AvgIpc) is 3.19. The van der Waals surface area contributed by atoms with Gasteiger partial charge in [0.05, 0.1) is 29.8 Å². The number of halogens is 1. The van der Waals surface area contributed by atoms with Crippen LogP contribution in [0.25, 0.3) is 11.3 Å². The molecule has 0 bridgehead atoms. The molecule has 8 nitrogen and oxygen atoms in total. The largest absolute Gasteiger partial charge is 0.486 e. The fraction of sp³-hybridized carbons (Fsp3) is 0.417. The molecule has 0 aliphatic carbocycles. The molecule has 2 N–H and O–H groups in total. The summed E-state index contributed by atoms with van der Waals surface area (Å²) in [6.45, 7) is 9.35. The Balaban J connectivity index is 1.38. The molecule has 1 aromatic carbocycles. The molecule has 5 rings (SSSR count). The SMILES string of the molecule is CC(C)N1CCOc2c(F)cc(-c3cn(C)c(Nc4ccc(N5CCNCC5)cn4)n3)cc21. The van der Waals surface area contributed by atoms with E-state index in [1.54, 1.807) is 0 Å². The first kappa shape index (κ1) is 21.5. The van der Waals surface area contributed by atoms with E-state index < -0.39 is 0 Å². The number of hydrogen-bond donors (Lipinski definition) is 2. The highest BCUT2D eigenvalue weighted by Crippen LogP contribution is 2.39. The Hall–Kier alpha value is -3.33. The molecule has 2 aromatic heterocycles. The summed E-state index contributed by atoms with van der Waals surface area (Å²) >= 11 is 0. The number of nitrogens with one attached hydrogen (secondary N) is 2. The first-order valence-electron chi connectivity index (χ1n) is 11.4. The van der Waals surface area contributed by atoms with Gasteiger partial charge in [-0.2, -0.15) is 0 Å². The van der Waals surface area contributed by atoms with Gasteiger partial charge in [0.1, 0.15) is 12.4 Å². The van der Waals surface area contributed by atoms with Crippen LogP contribution in [0.4, 0.5) is 27.5 Å². The predicted molar refractivity (Wildman–Crippen MR) is 129 cm³/mol. The van der Waals surface area contributed by atoms with Crippen molar-refractivity contribution in [2.24, 2.45) is 7.05 Å². The molecule has 1 fully saturated rings. The van der Waals surface area contributed by atoms with Crippen LogP contribution >= 0.6 is 0 Å². The Labute approximate surface area is 193 Å². The van der Waals surface area contributed by atoms with Crippen LogP contribution in [-0.2, 0) is 7.05 Å². The summed E-state index contributed by atoms with van der Waals surface area (Å²) < 4.78 is 22.4. The third-order valence-electron chi connectivity index (χ3n) is 6.18. The summed E-state index contributed by atoms with van der Waals surface area (Å²) in [6.07, 6.45) is 3.78. The Morgan fingerprint density at radius 3 is 2.70 bits per heavy atom. The number of pyridine rings is 1. The molecule has 9 heteroatoms. The van der Waals surface area contributed by atoms with Crippen molar-refractivity contribution < 1.29 is 9.13 Å². The van der Waals surface area contributed by atoms with Gasteiger partial charge in [0.25, 0.3) is 0 Å². The fourth-order valence-electron chi connectivity index (χ4n) is 4.39. The molecule has 0 saturated carbocycles. The minimum atomic E-state index is -0.363. The van der Waals surface area contributed by atoms with Crippen LogP contribution in [0, 0.1) is 5.82 Å². The van der Waals surface area contributed by atoms with Crippen LogP contribution < -0.4 is 25.2 Å². The van der Waals surface area contributed by atoms with Crippen molar-refractivity contribution in [3.8, 4) is 17.0 Å². The maximum Gasteiger partial charge on any atom is 0.208 e. The lowest BCUT2D eigenvalue weighted by molar-refractivity contribution is 0.287. The second-order valence-corrected chi connectivity index (χ2v) is 8.77. The number of fused-ring (bicyclic) bond motifs is 1. The van der Waals surface area contributed by atoms with Gasteiger partial charge in [-0.3, -0.25) is 0 Å². The molecule has 2 aliphatic rings. The van der Waals surface area contributed by atoms with Gasteiger partial charge >= 0.3 is 0 Å². The van der Waals surface area contributed by atoms with Gasteiger partial charge in [-0.25, -0.2) is 14.4 Å². The predicted octanol–water partition coefficient (Wildman–Crippen LogP) is 3.38. The molecule has 4 heterocycles. The van der Waals surface area contributed by atoms with Crippen LogP contribution in [-0.4, -0.2) is 59.9 Å². The molecule has 3 aromatic rings. The van der Waals surface area contributed by atoms with E-state index in [0.29, 0.717) is 35.4 Å². The van der Waals surface area contributed by atoms with E-state index in [-0.39, 0.29) is 11.9 Å². The number of ether oxygens (including phenoxy) is 1. The lowest BCUT2D eigenvalue weighted by Crippen LogP contribution is -2.43. The molecular formula is C24H30FN7O. The Morgan fingerprint density at radius 1 is 1.15 bits per heavy atom. The van der Waals surface area contributed by atoms with Crippen LogP contribution in [0.1, 0.15) is 13.8 Å². The second kappa shape index (κ2) is 8.90. The van der Waals surface area contributed by atoms with Crippen molar-refractivity contribution in [2.45, 2.75) is 19.9 Å². The van der Waals surface area contributed by atoms with Crippen LogP contribution in [0.2, 0.25) is 0 Å². The van der Waals surface area contributed by atoms with E-state index in [9.17, 15) is 4.39 Å². The van der Waals surface area contributed by atoms with Crippen molar-refractivity contribution in [2.75, 3.05) is 54.4 Å². The molecule has 0 unspecified atom stereocenters. The van der Waals surface area contributed by atoms with Gasteiger partial charge < -0.3 is 29.7 Å². The zero-order valence-corrected chi connectivity index (χ0v) is 19.3. The number of rotatable bonds is 5. The summed E-state index contributed by atoms with van der Waals surface area (Å²) in [7, 11) is 1.91. The van der Waals surface area contributed by atoms with Crippen molar-refractivity contribution in [1.29, 1.82) is 0 Å². The summed E-state index contributed by atoms with van der Waals surface area (Å²) in [5.41, 5.74) is 3.29. The zero-order valence-electron chi connectivity index (χ0n) is 19.3. The number of nitrogens with zero attached hydrogens (tertiary/aromatic N) is 5. The van der Waals surface area contributed by atoms with Gasteiger partial charge in [-0.1, -0.05) is 0 Å². The van der Waals surface area contributed by atoms with Gasteiger partial charge in [0.2, 0.25) is 5.95 Å². The van der Waals surface area contributed by atoms with Crippen molar-refractivity contribution in [3.63, 3.8) is 0 Å². The quantitative estimate of drug-likeness (QED) is 0.616. The van der Waals surface area contributed by atoms with Crippen LogP contribution in [0.3, 0.4) is 0 Å². The minimum absolute atomic E-state index is 0.249. The third kappa shape index (κ3) is 4.32. The van der Waals surface area contributed by atoms with Crippen LogP contribution in [0.5, 0.6) is 5.75 Å². The van der Waals surface area contributed by atoms with Crippen LogP contribution in [0.15, 0.2) is 36.7 Å². The van der Waals surface area contributed by atoms with Crippen molar-refractivity contribution >= 4 is 23.1 Å². The van der Waals surface area contributed by atoms with Crippen molar-refractivity contribution in [3.05, 3.63) is 42.5 Å². The maximum absolute atomic E-state index is 14.9. The minimum Gasteiger partial charge on any atom is -0.486 e. The number of piperazine rings is 1. The highest BCUT2D eigenvalue weighted by Gasteiger charge is 2.25. The zero-order chi connectivity index (χ0) is 22.9. The lowest BCUT2D eigenvalue weighted by atomic mass is 10.1. The van der Waals surface area contributed by atoms with E-state index in [1.807, 2.05) is 36.1 Å². The molecule has 0 amide bonds. The number of imidazole rings is 1. The lowest BCUT2D eigenvalue weighted by Gasteiger charge is -2.34. The normalized spacial score (nSPS) is 16.0. The van der Waals surface area contributed by atoms with Gasteiger partial charge in [-0.05, 0) is 38.1 Å². The van der Waals surface area contributed by atoms with E-state index in [4.69, 9.17) is 9.72 Å². The molecule has 1 saturated heterocycles. The average molecular weight is 452 g/mol. The standard InChI is InChI=1S/C24H30FN7O/c1-16(2)32-10-11-33-23-19(25)12-17(13-21(23)32)20-15-30(3)24(28-20)29-22-5-4-18(14-27-22)31-8-6-26-7-9-31/h4-5,12-16,26H,6-11H2,1-3H3,(H,27,28,29).